The Morgan fingerprint density at radius 3 is 2.53 bits per heavy atom. The van der Waals surface area contributed by atoms with Gasteiger partial charge in [0.1, 0.15) is 5.65 Å². The van der Waals surface area contributed by atoms with Crippen LogP contribution in [0.3, 0.4) is 0 Å². The zero-order valence-corrected chi connectivity index (χ0v) is 9.67. The number of rotatable bonds is 1. The normalized spacial score (nSPS) is 12.2. The maximum atomic E-state index is 11.5. The standard InChI is InChI=1S/C10H12N2O2S/c1-7-4-5-8(2)12-9(15(3,13)14)6-11-10(7)12/h4-6H,1-3H3. The minimum absolute atomic E-state index is 0.249. The first-order valence-corrected chi connectivity index (χ1v) is 6.44. The van der Waals surface area contributed by atoms with Crippen LogP contribution in [0.25, 0.3) is 5.65 Å². The van der Waals surface area contributed by atoms with Gasteiger partial charge in [-0.05, 0) is 25.5 Å². The number of aryl methyl sites for hydroxylation is 2. The summed E-state index contributed by atoms with van der Waals surface area (Å²) in [5.74, 6) is 0. The molecule has 0 aromatic carbocycles. The van der Waals surface area contributed by atoms with Crippen LogP contribution in [0.2, 0.25) is 0 Å². The third kappa shape index (κ3) is 1.52. The van der Waals surface area contributed by atoms with E-state index in [9.17, 15) is 8.42 Å². The van der Waals surface area contributed by atoms with Crippen LogP contribution in [0.1, 0.15) is 11.3 Å². The van der Waals surface area contributed by atoms with Gasteiger partial charge in [0, 0.05) is 11.9 Å². The quantitative estimate of drug-likeness (QED) is 0.734. The van der Waals surface area contributed by atoms with Gasteiger partial charge in [0.05, 0.1) is 6.20 Å². The molecule has 5 heteroatoms. The van der Waals surface area contributed by atoms with Gasteiger partial charge < -0.3 is 0 Å². The minimum atomic E-state index is -3.22. The van der Waals surface area contributed by atoms with Crippen molar-refractivity contribution < 1.29 is 8.42 Å². The molecule has 0 aliphatic carbocycles. The molecule has 0 radical (unpaired) electrons. The highest BCUT2D eigenvalue weighted by atomic mass is 32.2. The molecule has 0 bridgehead atoms. The average Bonchev–Trinajstić information content (AvgIpc) is 2.55. The summed E-state index contributed by atoms with van der Waals surface area (Å²) < 4.78 is 24.7. The molecule has 2 rings (SSSR count). The number of nitrogens with zero attached hydrogens (tertiary/aromatic N) is 2. The SMILES string of the molecule is Cc1ccc(C)n2c(S(C)(=O)=O)cnc12. The van der Waals surface area contributed by atoms with Crippen molar-refractivity contribution in [2.24, 2.45) is 0 Å². The second kappa shape index (κ2) is 3.06. The largest absolute Gasteiger partial charge is 0.288 e. The molecule has 0 saturated heterocycles. The lowest BCUT2D eigenvalue weighted by Crippen LogP contribution is -2.04. The van der Waals surface area contributed by atoms with Crippen LogP contribution in [-0.4, -0.2) is 24.1 Å². The summed E-state index contributed by atoms with van der Waals surface area (Å²) in [6.07, 6.45) is 2.60. The Morgan fingerprint density at radius 1 is 1.27 bits per heavy atom. The molecule has 0 spiro atoms. The van der Waals surface area contributed by atoms with Gasteiger partial charge in [0.25, 0.3) is 0 Å². The molecule has 0 saturated carbocycles. The van der Waals surface area contributed by atoms with Crippen LogP contribution in [-0.2, 0) is 9.84 Å². The van der Waals surface area contributed by atoms with Gasteiger partial charge in [-0.25, -0.2) is 13.4 Å². The van der Waals surface area contributed by atoms with Crippen LogP contribution >= 0.6 is 0 Å². The fourth-order valence-electron chi connectivity index (χ4n) is 1.61. The van der Waals surface area contributed by atoms with Crippen molar-refractivity contribution in [3.8, 4) is 0 Å². The van der Waals surface area contributed by atoms with Gasteiger partial charge in [-0.1, -0.05) is 6.07 Å². The summed E-state index contributed by atoms with van der Waals surface area (Å²) in [6, 6.07) is 3.82. The predicted molar refractivity (Wildman–Crippen MR) is 57.8 cm³/mol. The molecule has 0 unspecified atom stereocenters. The Labute approximate surface area is 88.5 Å². The Kier molecular flexibility index (Phi) is 2.08. The molecular weight excluding hydrogens is 212 g/mol. The van der Waals surface area contributed by atoms with Crippen molar-refractivity contribution in [1.29, 1.82) is 0 Å². The third-order valence-electron chi connectivity index (χ3n) is 2.39. The molecule has 2 aromatic heterocycles. The number of sulfone groups is 1. The van der Waals surface area contributed by atoms with Crippen molar-refractivity contribution in [2.45, 2.75) is 18.9 Å². The first kappa shape index (κ1) is 10.2. The van der Waals surface area contributed by atoms with E-state index in [-0.39, 0.29) is 5.03 Å². The second-order valence-corrected chi connectivity index (χ2v) is 5.65. The Morgan fingerprint density at radius 2 is 1.93 bits per heavy atom. The van der Waals surface area contributed by atoms with E-state index >= 15 is 0 Å². The molecule has 0 N–H and O–H groups in total. The van der Waals surface area contributed by atoms with E-state index in [2.05, 4.69) is 4.98 Å². The molecule has 0 fully saturated rings. The van der Waals surface area contributed by atoms with Crippen molar-refractivity contribution >= 4 is 15.5 Å². The molecular formula is C10H12N2O2S. The summed E-state index contributed by atoms with van der Waals surface area (Å²) in [5, 5.41) is 0.249. The fourth-order valence-corrected chi connectivity index (χ4v) is 2.42. The monoisotopic (exact) mass is 224 g/mol. The van der Waals surface area contributed by atoms with E-state index in [1.165, 1.54) is 12.5 Å². The van der Waals surface area contributed by atoms with Gasteiger partial charge >= 0.3 is 0 Å². The van der Waals surface area contributed by atoms with Crippen molar-refractivity contribution in [3.63, 3.8) is 0 Å². The highest BCUT2D eigenvalue weighted by Crippen LogP contribution is 2.17. The van der Waals surface area contributed by atoms with E-state index in [4.69, 9.17) is 0 Å². The Hall–Kier alpha value is -1.36. The van der Waals surface area contributed by atoms with Gasteiger partial charge in [-0.3, -0.25) is 4.40 Å². The van der Waals surface area contributed by atoms with Crippen LogP contribution in [0, 0.1) is 13.8 Å². The van der Waals surface area contributed by atoms with Crippen molar-refractivity contribution in [2.75, 3.05) is 6.26 Å². The van der Waals surface area contributed by atoms with E-state index in [1.807, 2.05) is 26.0 Å². The van der Waals surface area contributed by atoms with E-state index in [0.717, 1.165) is 11.3 Å². The molecule has 0 aliphatic rings. The fraction of sp³-hybridized carbons (Fsp3) is 0.300. The number of hydrogen-bond donors (Lipinski definition) is 0. The van der Waals surface area contributed by atoms with Gasteiger partial charge in [0.2, 0.25) is 0 Å². The van der Waals surface area contributed by atoms with Crippen LogP contribution in [0.15, 0.2) is 23.4 Å². The minimum Gasteiger partial charge on any atom is -0.288 e. The second-order valence-electron chi connectivity index (χ2n) is 3.69. The highest BCUT2D eigenvalue weighted by molar-refractivity contribution is 7.90. The first-order chi connectivity index (χ1) is 6.91. The molecule has 80 valence electrons. The smallest absolute Gasteiger partial charge is 0.192 e. The third-order valence-corrected chi connectivity index (χ3v) is 3.44. The summed E-state index contributed by atoms with van der Waals surface area (Å²) in [4.78, 5) is 4.13. The van der Waals surface area contributed by atoms with Crippen molar-refractivity contribution in [3.05, 3.63) is 29.6 Å². The maximum Gasteiger partial charge on any atom is 0.192 e. The number of fused-ring (bicyclic) bond motifs is 1. The molecule has 4 nitrogen and oxygen atoms in total. The summed E-state index contributed by atoms with van der Waals surface area (Å²) in [6.45, 7) is 3.77. The van der Waals surface area contributed by atoms with Gasteiger partial charge in [-0.15, -0.1) is 0 Å². The van der Waals surface area contributed by atoms with E-state index in [1.54, 1.807) is 4.40 Å². The molecule has 15 heavy (non-hydrogen) atoms. The molecule has 0 aliphatic heterocycles. The lowest BCUT2D eigenvalue weighted by Gasteiger charge is -2.05. The summed E-state index contributed by atoms with van der Waals surface area (Å²) in [5.41, 5.74) is 2.54. The van der Waals surface area contributed by atoms with Gasteiger partial charge in [-0.2, -0.15) is 0 Å². The Balaban J connectivity index is 2.98. The maximum absolute atomic E-state index is 11.5. The zero-order chi connectivity index (χ0) is 11.2. The van der Waals surface area contributed by atoms with Crippen LogP contribution in [0.5, 0.6) is 0 Å². The van der Waals surface area contributed by atoms with Gasteiger partial charge in [0.15, 0.2) is 14.9 Å². The number of hydrogen-bond acceptors (Lipinski definition) is 3. The molecule has 0 amide bonds. The van der Waals surface area contributed by atoms with Crippen LogP contribution < -0.4 is 0 Å². The van der Waals surface area contributed by atoms with E-state index < -0.39 is 9.84 Å². The number of pyridine rings is 1. The van der Waals surface area contributed by atoms with Crippen LogP contribution in [0.4, 0.5) is 0 Å². The molecule has 0 atom stereocenters. The lowest BCUT2D eigenvalue weighted by atomic mass is 10.2. The molecule has 2 heterocycles. The number of imidazole rings is 1. The zero-order valence-electron chi connectivity index (χ0n) is 8.85. The van der Waals surface area contributed by atoms with E-state index in [0.29, 0.717) is 5.65 Å². The first-order valence-electron chi connectivity index (χ1n) is 4.55. The topological polar surface area (TPSA) is 51.4 Å². The van der Waals surface area contributed by atoms with Crippen molar-refractivity contribution in [1.82, 2.24) is 9.38 Å². The summed E-state index contributed by atoms with van der Waals surface area (Å²) in [7, 11) is -3.22. The highest BCUT2D eigenvalue weighted by Gasteiger charge is 2.15. The summed E-state index contributed by atoms with van der Waals surface area (Å²) >= 11 is 0. The molecule has 2 aromatic rings. The Bertz CT molecular complexity index is 626. The predicted octanol–water partition coefficient (Wildman–Crippen LogP) is 1.35. The lowest BCUT2D eigenvalue weighted by molar-refractivity contribution is 0.596. The average molecular weight is 224 g/mol. The number of aromatic nitrogens is 2.